The lowest BCUT2D eigenvalue weighted by Crippen LogP contribution is -2.53. The summed E-state index contributed by atoms with van der Waals surface area (Å²) < 4.78 is 5.84. The van der Waals surface area contributed by atoms with Crippen LogP contribution in [0.25, 0.3) is 0 Å². The lowest BCUT2D eigenvalue weighted by molar-refractivity contribution is -0.151. The number of Topliss-reactive ketones (excluding diaryl/α,β-unsaturated/α-hetero) is 1. The van der Waals surface area contributed by atoms with E-state index in [1.807, 2.05) is 72.0 Å². The van der Waals surface area contributed by atoms with Crippen molar-refractivity contribution in [3.8, 4) is 0 Å². The Bertz CT molecular complexity index is 1660. The molecule has 3 N–H and O–H groups in total. The number of piperidine rings is 1. The molecule has 0 saturated carbocycles. The van der Waals surface area contributed by atoms with Crippen LogP contribution in [0.5, 0.6) is 0 Å². The number of hydrogen-bond acceptors (Lipinski definition) is 10. The van der Waals surface area contributed by atoms with Crippen molar-refractivity contribution < 1.29 is 38.6 Å². The number of thiazole rings is 1. The summed E-state index contributed by atoms with van der Waals surface area (Å²) in [6.07, 6.45) is 6.97. The Hall–Kier alpha value is -4.43. The Balaban J connectivity index is 1.96. The van der Waals surface area contributed by atoms with Gasteiger partial charge in [0.2, 0.25) is 11.8 Å². The van der Waals surface area contributed by atoms with E-state index in [-0.39, 0.29) is 60.6 Å². The summed E-state index contributed by atoms with van der Waals surface area (Å²) in [4.78, 5) is 87.8. The van der Waals surface area contributed by atoms with Crippen LogP contribution in [0.1, 0.15) is 120 Å². The van der Waals surface area contributed by atoms with Crippen molar-refractivity contribution >= 4 is 46.8 Å². The zero-order chi connectivity index (χ0) is 42.1. The van der Waals surface area contributed by atoms with Crippen molar-refractivity contribution in [1.82, 2.24) is 25.4 Å². The van der Waals surface area contributed by atoms with E-state index in [2.05, 4.69) is 20.5 Å². The molecule has 1 aliphatic heterocycles. The van der Waals surface area contributed by atoms with Gasteiger partial charge in [0.15, 0.2) is 11.9 Å². The van der Waals surface area contributed by atoms with E-state index in [1.54, 1.807) is 10.3 Å². The molecule has 1 fully saturated rings. The summed E-state index contributed by atoms with van der Waals surface area (Å²) in [5.74, 6) is -3.87. The summed E-state index contributed by atoms with van der Waals surface area (Å²) in [5.41, 5.74) is 0.951. The normalized spacial score (nSPS) is 17.3. The summed E-state index contributed by atoms with van der Waals surface area (Å²) in [7, 11) is 1.95. The van der Waals surface area contributed by atoms with Gasteiger partial charge in [0.25, 0.3) is 5.91 Å². The van der Waals surface area contributed by atoms with Crippen LogP contribution in [0.2, 0.25) is 0 Å². The fourth-order valence-corrected chi connectivity index (χ4v) is 8.07. The molecule has 0 radical (unpaired) electrons. The number of carboxylic acids is 1. The van der Waals surface area contributed by atoms with Crippen molar-refractivity contribution in [2.45, 2.75) is 124 Å². The van der Waals surface area contributed by atoms with E-state index in [0.29, 0.717) is 24.4 Å². The molecule has 13 nitrogen and oxygen atoms in total. The highest BCUT2D eigenvalue weighted by molar-refractivity contribution is 7.09. The molecule has 14 heteroatoms. The molecule has 1 aromatic carbocycles. The zero-order valence-corrected chi connectivity index (χ0v) is 35.5. The summed E-state index contributed by atoms with van der Waals surface area (Å²) in [6.45, 7) is 12.2. The first-order chi connectivity index (χ1) is 27.1. The van der Waals surface area contributed by atoms with E-state index in [0.717, 1.165) is 61.6 Å². The van der Waals surface area contributed by atoms with Crippen LogP contribution in [-0.2, 0) is 35.1 Å². The number of nitrogens with one attached hydrogen (secondary N) is 2. The molecule has 314 valence electrons. The molecule has 3 amide bonds. The van der Waals surface area contributed by atoms with Crippen molar-refractivity contribution in [2.75, 3.05) is 26.7 Å². The topological polar surface area (TPSA) is 175 Å². The first kappa shape index (κ1) is 46.9. The van der Waals surface area contributed by atoms with E-state index < -0.39 is 42.0 Å². The lowest BCUT2D eigenvalue weighted by Gasteiger charge is -2.39. The second kappa shape index (κ2) is 23.7. The summed E-state index contributed by atoms with van der Waals surface area (Å²) >= 11 is 1.12. The van der Waals surface area contributed by atoms with Gasteiger partial charge in [0.1, 0.15) is 10.7 Å². The van der Waals surface area contributed by atoms with Crippen molar-refractivity contribution in [1.29, 1.82) is 0 Å². The third kappa shape index (κ3) is 15.1. The molecule has 3 rings (SSSR count). The highest BCUT2D eigenvalue weighted by Crippen LogP contribution is 2.33. The molecule has 0 bridgehead atoms. The minimum absolute atomic E-state index is 0.0279. The van der Waals surface area contributed by atoms with Crippen LogP contribution in [0, 0.1) is 17.8 Å². The Kier molecular flexibility index (Phi) is 19.5. The number of benzene rings is 1. The summed E-state index contributed by atoms with van der Waals surface area (Å²) in [6, 6.07) is 7.82. The Morgan fingerprint density at radius 2 is 1.81 bits per heavy atom. The molecular formula is C43H63N5O8S. The molecule has 2 heterocycles. The van der Waals surface area contributed by atoms with Gasteiger partial charge in [-0.15, -0.1) is 11.3 Å². The van der Waals surface area contributed by atoms with Crippen LogP contribution in [-0.4, -0.2) is 100 Å². The number of amides is 3. The number of aromatic nitrogens is 1. The number of hydrogen-bond donors (Lipinski definition) is 3. The minimum atomic E-state index is -1.15. The van der Waals surface area contributed by atoms with Gasteiger partial charge in [-0.25, -0.2) is 9.78 Å². The number of ether oxygens (including phenoxy) is 1. The summed E-state index contributed by atoms with van der Waals surface area (Å²) in [5, 5.41) is 16.9. The smallest absolute Gasteiger partial charge is 0.328 e. The van der Waals surface area contributed by atoms with Gasteiger partial charge >= 0.3 is 11.9 Å². The number of unbranched alkanes of at least 4 members (excludes halogenated alkanes) is 1. The number of likely N-dealkylation sites (tertiary alicyclic amines) is 1. The predicted molar refractivity (Wildman–Crippen MR) is 221 cm³/mol. The number of carbonyl (C=O) groups excluding carboxylic acids is 5. The SMILES string of the molecule is CCCCNC(=O)CN(C(=O)[C@@H](CC(=O)[C@H]1CCCCN1C)[C@@H](C)CC)[C@H](C[C@@H](OC(C)=O)c1nc(C(=O)N[C@H](/C=C/C(=O)O)Cc2ccccc2)cs1)C(C)C. The fraction of sp³-hybridized carbons (Fsp3) is 0.605. The first-order valence-corrected chi connectivity index (χ1v) is 21.2. The number of rotatable bonds is 23. The minimum Gasteiger partial charge on any atom is -0.478 e. The monoisotopic (exact) mass is 809 g/mol. The number of esters is 1. The van der Waals surface area contributed by atoms with E-state index in [1.165, 1.54) is 13.0 Å². The van der Waals surface area contributed by atoms with Crippen LogP contribution in [0.15, 0.2) is 47.9 Å². The number of carboxylic acid groups (broad SMARTS) is 1. The molecule has 6 atom stereocenters. The molecule has 0 unspecified atom stereocenters. The van der Waals surface area contributed by atoms with Crippen LogP contribution in [0.3, 0.4) is 0 Å². The number of likely N-dealkylation sites (N-methyl/N-ethyl adjacent to an activating group) is 1. The molecule has 2 aromatic rings. The quantitative estimate of drug-likeness (QED) is 0.0687. The predicted octanol–water partition coefficient (Wildman–Crippen LogP) is 5.99. The average molecular weight is 810 g/mol. The molecule has 57 heavy (non-hydrogen) atoms. The largest absolute Gasteiger partial charge is 0.478 e. The van der Waals surface area contributed by atoms with Gasteiger partial charge in [-0.05, 0) is 56.7 Å². The number of ketones is 1. The second-order valence-electron chi connectivity index (χ2n) is 15.5. The van der Waals surface area contributed by atoms with Crippen molar-refractivity contribution in [3.63, 3.8) is 0 Å². The average Bonchev–Trinajstić information content (AvgIpc) is 3.67. The van der Waals surface area contributed by atoms with Gasteiger partial charge in [-0.2, -0.15) is 0 Å². The maximum Gasteiger partial charge on any atom is 0.328 e. The maximum absolute atomic E-state index is 14.9. The molecule has 0 spiro atoms. The zero-order valence-electron chi connectivity index (χ0n) is 34.7. The third-order valence-corrected chi connectivity index (χ3v) is 11.6. The second-order valence-corrected chi connectivity index (χ2v) is 16.4. The molecule has 0 aliphatic carbocycles. The molecule has 1 saturated heterocycles. The Labute approximate surface area is 342 Å². The van der Waals surface area contributed by atoms with Gasteiger partial charge in [0.05, 0.1) is 18.6 Å². The van der Waals surface area contributed by atoms with Crippen LogP contribution < -0.4 is 10.6 Å². The van der Waals surface area contributed by atoms with E-state index >= 15 is 0 Å². The Morgan fingerprint density at radius 1 is 1.09 bits per heavy atom. The van der Waals surface area contributed by atoms with Crippen LogP contribution >= 0.6 is 11.3 Å². The van der Waals surface area contributed by atoms with Crippen molar-refractivity contribution in [2.24, 2.45) is 17.8 Å². The number of nitrogens with zero attached hydrogens (tertiary/aromatic N) is 3. The van der Waals surface area contributed by atoms with Gasteiger partial charge in [-0.3, -0.25) is 28.9 Å². The first-order valence-electron chi connectivity index (χ1n) is 20.3. The molecule has 1 aliphatic rings. The molecule has 1 aromatic heterocycles. The van der Waals surface area contributed by atoms with Gasteiger partial charge in [-0.1, -0.05) is 90.3 Å². The lowest BCUT2D eigenvalue weighted by atomic mass is 9.82. The maximum atomic E-state index is 14.9. The third-order valence-electron chi connectivity index (χ3n) is 10.7. The van der Waals surface area contributed by atoms with E-state index in [9.17, 15) is 33.9 Å². The van der Waals surface area contributed by atoms with Gasteiger partial charge in [0, 0.05) is 49.7 Å². The van der Waals surface area contributed by atoms with Crippen molar-refractivity contribution in [3.05, 3.63) is 64.1 Å². The highest BCUT2D eigenvalue weighted by atomic mass is 32.1. The number of aliphatic carboxylic acids is 1. The van der Waals surface area contributed by atoms with Gasteiger partial charge < -0.3 is 25.4 Å². The fourth-order valence-electron chi connectivity index (χ4n) is 7.23. The molecular weight excluding hydrogens is 747 g/mol. The highest BCUT2D eigenvalue weighted by Gasteiger charge is 2.39. The van der Waals surface area contributed by atoms with Crippen LogP contribution in [0.4, 0.5) is 0 Å². The number of carbonyl (C=O) groups is 6. The Morgan fingerprint density at radius 3 is 2.42 bits per heavy atom. The standard InChI is InChI=1S/C43H63N5O8S/c1-8-10-21-44-39(51)26-48(43(55)33(29(5)9-2)24-37(50)35-18-14-15-22-47(35)7)36(28(3)4)25-38(56-30(6)49)42-46-34(27-57-42)41(54)45-32(19-20-40(52)53)23-31-16-12-11-13-17-31/h11-13,16-17,19-20,27-29,32-33,35-36,38H,8-10,14-15,18,21-26H2,1-7H3,(H,44,51)(H,45,54)(H,52,53)/b20-19+/t29-,32+,33-,35+,36+,38+/m0/s1. The van der Waals surface area contributed by atoms with E-state index in [4.69, 9.17) is 4.74 Å².